The summed E-state index contributed by atoms with van der Waals surface area (Å²) in [6.07, 6.45) is -3.59. The Morgan fingerprint density at radius 3 is 2.31 bits per heavy atom. The van der Waals surface area contributed by atoms with Gasteiger partial charge in [-0.3, -0.25) is 15.0 Å². The van der Waals surface area contributed by atoms with E-state index in [1.54, 1.807) is 7.05 Å². The Morgan fingerprint density at radius 2 is 1.72 bits per heavy atom. The highest BCUT2D eigenvalue weighted by molar-refractivity contribution is 6.32. The second-order valence-electron chi connectivity index (χ2n) is 8.65. The number of benzene rings is 1. The van der Waals surface area contributed by atoms with Crippen molar-refractivity contribution in [3.63, 3.8) is 0 Å². The number of urea groups is 1. The molecule has 0 aliphatic heterocycles. The highest BCUT2D eigenvalue weighted by Crippen LogP contribution is 2.31. The number of alkyl halides is 3. The van der Waals surface area contributed by atoms with Gasteiger partial charge in [-0.2, -0.15) is 18.3 Å². The first kappa shape index (κ1) is 29.9. The summed E-state index contributed by atoms with van der Waals surface area (Å²) in [5.41, 5.74) is 2.88. The van der Waals surface area contributed by atoms with Crippen molar-refractivity contribution < 1.29 is 32.0 Å². The lowest BCUT2D eigenvalue weighted by Gasteiger charge is -2.28. The quantitative estimate of drug-likeness (QED) is 0.278. The lowest BCUT2D eigenvalue weighted by molar-refractivity contribution is -0.826. The fourth-order valence-electron chi connectivity index (χ4n) is 3.47. The van der Waals surface area contributed by atoms with E-state index in [4.69, 9.17) is 23.2 Å². The van der Waals surface area contributed by atoms with Crippen LogP contribution in [-0.4, -0.2) is 57.2 Å². The van der Waals surface area contributed by atoms with Crippen molar-refractivity contribution in [2.24, 2.45) is 0 Å². The predicted molar refractivity (Wildman–Crippen MR) is 139 cm³/mol. The average Bonchev–Trinajstić information content (AvgIpc) is 3.34. The predicted octanol–water partition coefficient (Wildman–Crippen LogP) is 4.99. The van der Waals surface area contributed by atoms with Crippen LogP contribution in [0.3, 0.4) is 0 Å². The van der Waals surface area contributed by atoms with Gasteiger partial charge in [0.25, 0.3) is 11.8 Å². The Balaban J connectivity index is 1.99. The highest BCUT2D eigenvalue weighted by atomic mass is 35.5. The minimum Gasteiger partial charge on any atom is -0.320 e. The SMILES string of the molecule is CC[N+](C)(CC)C(=O)NNC(=O)c1cc(Cl)cc(C)c1NC(=O)c1cc(C(F)(F)F)nn1-c1ncccc1Cl. The van der Waals surface area contributed by atoms with Crippen molar-refractivity contribution in [2.45, 2.75) is 26.9 Å². The molecule has 4 amide bonds. The summed E-state index contributed by atoms with van der Waals surface area (Å²) in [6, 6.07) is 5.59. The van der Waals surface area contributed by atoms with Crippen LogP contribution in [0.1, 0.15) is 46.0 Å². The van der Waals surface area contributed by atoms with Gasteiger partial charge in [-0.25, -0.2) is 24.4 Å². The van der Waals surface area contributed by atoms with Crippen molar-refractivity contribution in [1.82, 2.24) is 25.6 Å². The van der Waals surface area contributed by atoms with Gasteiger partial charge in [0.05, 0.1) is 36.4 Å². The molecule has 0 saturated carbocycles. The molecule has 15 heteroatoms. The molecular formula is C24H25Cl2F3N7O3+. The Bertz CT molecular complexity index is 1420. The Labute approximate surface area is 231 Å². The van der Waals surface area contributed by atoms with Gasteiger partial charge in [-0.05, 0) is 50.6 Å². The second kappa shape index (κ2) is 11.6. The maximum Gasteiger partial charge on any atom is 0.435 e. The molecule has 10 nitrogen and oxygen atoms in total. The van der Waals surface area contributed by atoms with Crippen molar-refractivity contribution >= 4 is 46.7 Å². The molecule has 2 aromatic heterocycles. The molecule has 0 unspecified atom stereocenters. The number of hydrogen-bond acceptors (Lipinski definition) is 5. The standard InChI is InChI=1S/C24H24Cl2F3N7O3/c1-5-36(4,6-2)23(39)33-32-21(37)15-11-14(25)10-13(3)19(15)31-22(38)17-12-18(24(27,28)29)34-35(17)20-16(26)8-7-9-30-20/h7-12H,5-6H2,1-4H3,(H2-,31,32,33,34,37,38,39)/p+1. The number of nitrogens with zero attached hydrogens (tertiary/aromatic N) is 4. The molecule has 0 aliphatic carbocycles. The minimum atomic E-state index is -4.87. The molecule has 3 rings (SSSR count). The van der Waals surface area contributed by atoms with E-state index in [0.717, 1.165) is 0 Å². The number of halogens is 5. The van der Waals surface area contributed by atoms with Crippen LogP contribution in [0, 0.1) is 6.92 Å². The maximum absolute atomic E-state index is 13.5. The molecule has 0 aliphatic rings. The van der Waals surface area contributed by atoms with Gasteiger partial charge >= 0.3 is 12.2 Å². The summed E-state index contributed by atoms with van der Waals surface area (Å²) in [7, 11) is 1.68. The van der Waals surface area contributed by atoms with Crippen LogP contribution in [0.2, 0.25) is 10.0 Å². The monoisotopic (exact) mass is 586 g/mol. The highest BCUT2D eigenvalue weighted by Gasteiger charge is 2.37. The first-order valence-electron chi connectivity index (χ1n) is 11.6. The number of aromatic nitrogens is 3. The molecule has 208 valence electrons. The number of pyridine rings is 1. The maximum atomic E-state index is 13.5. The lowest BCUT2D eigenvalue weighted by Crippen LogP contribution is -2.58. The molecule has 0 fully saturated rings. The minimum absolute atomic E-state index is 0.0138. The molecule has 3 N–H and O–H groups in total. The normalized spacial score (nSPS) is 11.7. The average molecular weight is 587 g/mol. The van der Waals surface area contributed by atoms with E-state index in [0.29, 0.717) is 29.4 Å². The zero-order chi connectivity index (χ0) is 29.1. The largest absolute Gasteiger partial charge is 0.435 e. The number of nitrogens with one attached hydrogen (secondary N) is 3. The Hall–Kier alpha value is -3.68. The first-order valence-corrected chi connectivity index (χ1v) is 12.3. The second-order valence-corrected chi connectivity index (χ2v) is 9.49. The third-order valence-electron chi connectivity index (χ3n) is 6.12. The van der Waals surface area contributed by atoms with Crippen LogP contribution < -0.4 is 16.2 Å². The van der Waals surface area contributed by atoms with Gasteiger partial charge in [-0.15, -0.1) is 0 Å². The topological polar surface area (TPSA) is 118 Å². The molecule has 0 radical (unpaired) electrons. The van der Waals surface area contributed by atoms with Crippen molar-refractivity contribution in [3.05, 3.63) is 69.1 Å². The smallest absolute Gasteiger partial charge is 0.320 e. The summed E-state index contributed by atoms with van der Waals surface area (Å²) < 4.78 is 41.1. The van der Waals surface area contributed by atoms with Gasteiger partial charge < -0.3 is 5.32 Å². The van der Waals surface area contributed by atoms with E-state index in [-0.39, 0.29) is 31.6 Å². The summed E-state index contributed by atoms with van der Waals surface area (Å²) in [6.45, 7) is 6.08. The molecule has 3 aromatic rings. The van der Waals surface area contributed by atoms with Crippen LogP contribution in [0.5, 0.6) is 0 Å². The molecule has 39 heavy (non-hydrogen) atoms. The molecule has 2 heterocycles. The number of hydrogen-bond donors (Lipinski definition) is 3. The zero-order valence-electron chi connectivity index (χ0n) is 21.3. The number of rotatable bonds is 6. The van der Waals surface area contributed by atoms with E-state index in [9.17, 15) is 27.6 Å². The number of anilines is 1. The van der Waals surface area contributed by atoms with E-state index >= 15 is 0 Å². The molecular weight excluding hydrogens is 562 g/mol. The number of hydrazine groups is 1. The van der Waals surface area contributed by atoms with Gasteiger partial charge in [0.1, 0.15) is 5.69 Å². The summed E-state index contributed by atoms with van der Waals surface area (Å²) >= 11 is 12.2. The van der Waals surface area contributed by atoms with Gasteiger partial charge in [0.15, 0.2) is 11.5 Å². The van der Waals surface area contributed by atoms with Gasteiger partial charge in [-0.1, -0.05) is 23.2 Å². The van der Waals surface area contributed by atoms with E-state index in [2.05, 4.69) is 26.3 Å². The zero-order valence-corrected chi connectivity index (χ0v) is 22.8. The van der Waals surface area contributed by atoms with Crippen LogP contribution in [0.4, 0.5) is 23.7 Å². The Kier molecular flexibility index (Phi) is 8.88. The molecule has 0 saturated heterocycles. The van der Waals surface area contributed by atoms with Crippen LogP contribution >= 0.6 is 23.2 Å². The van der Waals surface area contributed by atoms with Crippen molar-refractivity contribution in [3.8, 4) is 5.82 Å². The van der Waals surface area contributed by atoms with Gasteiger partial charge in [0, 0.05) is 17.3 Å². The van der Waals surface area contributed by atoms with Crippen LogP contribution in [0.25, 0.3) is 5.82 Å². The van der Waals surface area contributed by atoms with Crippen molar-refractivity contribution in [2.75, 3.05) is 25.5 Å². The summed E-state index contributed by atoms with van der Waals surface area (Å²) in [5, 5.41) is 6.05. The number of quaternary nitrogens is 1. The third kappa shape index (κ3) is 6.49. The number of carbonyl (C=O) groups is 3. The Morgan fingerprint density at radius 1 is 1.05 bits per heavy atom. The van der Waals surface area contributed by atoms with Crippen molar-refractivity contribution in [1.29, 1.82) is 0 Å². The number of carbonyl (C=O) groups excluding carboxylic acids is 3. The molecule has 1 aromatic carbocycles. The lowest BCUT2D eigenvalue weighted by atomic mass is 10.1. The van der Waals surface area contributed by atoms with Gasteiger partial charge in [0.2, 0.25) is 0 Å². The van der Waals surface area contributed by atoms with Crippen LogP contribution in [-0.2, 0) is 6.18 Å². The number of amides is 4. The molecule has 0 bridgehead atoms. The van der Waals surface area contributed by atoms with E-state index < -0.39 is 35.4 Å². The van der Waals surface area contributed by atoms with E-state index in [1.807, 2.05) is 13.8 Å². The van der Waals surface area contributed by atoms with E-state index in [1.165, 1.54) is 37.4 Å². The summed E-state index contributed by atoms with van der Waals surface area (Å²) in [4.78, 5) is 42.8. The molecule has 0 atom stereocenters. The fourth-order valence-corrected chi connectivity index (χ4v) is 3.94. The first-order chi connectivity index (χ1) is 18.2. The molecule has 0 spiro atoms. The fraction of sp³-hybridized carbons (Fsp3) is 0.292. The summed E-state index contributed by atoms with van der Waals surface area (Å²) in [5.74, 6) is -2.06. The van der Waals surface area contributed by atoms with Crippen LogP contribution in [0.15, 0.2) is 36.5 Å². The third-order valence-corrected chi connectivity index (χ3v) is 6.64. The number of aryl methyl sites for hydroxylation is 1.